The molecule has 116 valence electrons. The number of nitrogen functional groups attached to an aromatic ring is 1. The van der Waals surface area contributed by atoms with Gasteiger partial charge in [0.15, 0.2) is 0 Å². The number of nitrogens with two attached hydrogens (primary N) is 1. The van der Waals surface area contributed by atoms with Gasteiger partial charge in [0.25, 0.3) is 5.91 Å². The third-order valence-electron chi connectivity index (χ3n) is 2.99. The molecule has 0 aliphatic rings. The smallest absolute Gasteiger partial charge is 0.328 e. The van der Waals surface area contributed by atoms with Crippen LogP contribution >= 0.6 is 0 Å². The van der Waals surface area contributed by atoms with Crippen molar-refractivity contribution in [3.63, 3.8) is 0 Å². The molecule has 0 radical (unpaired) electrons. The van der Waals surface area contributed by atoms with Crippen molar-refractivity contribution in [1.82, 2.24) is 5.32 Å². The van der Waals surface area contributed by atoms with E-state index in [9.17, 15) is 9.59 Å². The average Bonchev–Trinajstić information content (AvgIpc) is 2.44. The maximum atomic E-state index is 12.4. The number of carbonyl (C=O) groups is 2. The van der Waals surface area contributed by atoms with Gasteiger partial charge in [0, 0.05) is 5.69 Å². The highest BCUT2D eigenvalue weighted by molar-refractivity contribution is 6.03. The van der Waals surface area contributed by atoms with Crippen molar-refractivity contribution in [2.24, 2.45) is 5.92 Å². The minimum Gasteiger partial charge on any atom is -0.493 e. The van der Waals surface area contributed by atoms with Gasteiger partial charge in [0.1, 0.15) is 17.4 Å². The highest BCUT2D eigenvalue weighted by atomic mass is 16.5. The van der Waals surface area contributed by atoms with E-state index in [0.29, 0.717) is 18.0 Å². The molecule has 0 aliphatic heterocycles. The molecule has 0 saturated carbocycles. The largest absolute Gasteiger partial charge is 0.493 e. The lowest BCUT2D eigenvalue weighted by Crippen LogP contribution is -2.45. The number of rotatable bonds is 6. The fraction of sp³-hybridized carbons (Fsp3) is 0.467. The Morgan fingerprint density at radius 2 is 2.00 bits per heavy atom. The summed E-state index contributed by atoms with van der Waals surface area (Å²) in [6, 6.07) is 4.24. The van der Waals surface area contributed by atoms with Gasteiger partial charge in [-0.25, -0.2) is 4.79 Å². The molecule has 21 heavy (non-hydrogen) atoms. The summed E-state index contributed by atoms with van der Waals surface area (Å²) in [6.45, 7) is 5.87. The minimum absolute atomic E-state index is 0.109. The zero-order valence-electron chi connectivity index (χ0n) is 12.8. The van der Waals surface area contributed by atoms with Crippen molar-refractivity contribution in [2.45, 2.75) is 26.8 Å². The normalized spacial score (nSPS) is 11.9. The van der Waals surface area contributed by atoms with E-state index in [-0.39, 0.29) is 11.5 Å². The first-order chi connectivity index (χ1) is 9.92. The van der Waals surface area contributed by atoms with E-state index >= 15 is 0 Å². The van der Waals surface area contributed by atoms with Crippen LogP contribution in [0.2, 0.25) is 0 Å². The molecular weight excluding hydrogens is 272 g/mol. The van der Waals surface area contributed by atoms with Crippen LogP contribution in [0.25, 0.3) is 0 Å². The van der Waals surface area contributed by atoms with Gasteiger partial charge in [-0.1, -0.05) is 19.9 Å². The lowest BCUT2D eigenvalue weighted by atomic mass is 10.0. The molecule has 0 bridgehead atoms. The molecule has 1 aromatic rings. The van der Waals surface area contributed by atoms with Crippen LogP contribution in [0.5, 0.6) is 5.75 Å². The molecule has 0 fully saturated rings. The second-order valence-corrected chi connectivity index (χ2v) is 4.87. The van der Waals surface area contributed by atoms with Crippen molar-refractivity contribution in [3.05, 3.63) is 23.8 Å². The summed E-state index contributed by atoms with van der Waals surface area (Å²) in [5.74, 6) is -0.671. The van der Waals surface area contributed by atoms with Crippen LogP contribution in [-0.4, -0.2) is 31.6 Å². The number of nitrogens with one attached hydrogen (secondary N) is 1. The molecular formula is C15H22N2O4. The van der Waals surface area contributed by atoms with E-state index in [1.54, 1.807) is 18.2 Å². The maximum Gasteiger partial charge on any atom is 0.328 e. The summed E-state index contributed by atoms with van der Waals surface area (Å²) in [6.07, 6.45) is 0. The number of carbonyl (C=O) groups excluding carboxylic acids is 2. The van der Waals surface area contributed by atoms with Gasteiger partial charge >= 0.3 is 5.97 Å². The third kappa shape index (κ3) is 4.11. The van der Waals surface area contributed by atoms with Gasteiger partial charge in [0.2, 0.25) is 0 Å². The Bertz CT molecular complexity index is 514. The van der Waals surface area contributed by atoms with E-state index in [1.807, 2.05) is 20.8 Å². The summed E-state index contributed by atoms with van der Waals surface area (Å²) >= 11 is 0. The highest BCUT2D eigenvalue weighted by Crippen LogP contribution is 2.24. The number of hydrogen-bond donors (Lipinski definition) is 2. The first-order valence-electron chi connectivity index (χ1n) is 6.82. The fourth-order valence-electron chi connectivity index (χ4n) is 1.91. The molecule has 0 spiro atoms. The van der Waals surface area contributed by atoms with Crippen molar-refractivity contribution < 1.29 is 19.1 Å². The number of ether oxygens (including phenoxy) is 2. The molecule has 0 aromatic heterocycles. The number of methoxy groups -OCH3 is 1. The topological polar surface area (TPSA) is 90.6 Å². The lowest BCUT2D eigenvalue weighted by molar-refractivity contribution is -0.144. The quantitative estimate of drug-likeness (QED) is 0.614. The lowest BCUT2D eigenvalue weighted by Gasteiger charge is -2.21. The molecule has 3 N–H and O–H groups in total. The monoisotopic (exact) mass is 294 g/mol. The maximum absolute atomic E-state index is 12.4. The third-order valence-corrected chi connectivity index (χ3v) is 2.99. The summed E-state index contributed by atoms with van der Waals surface area (Å²) in [7, 11) is 1.28. The van der Waals surface area contributed by atoms with Crippen molar-refractivity contribution in [3.8, 4) is 5.75 Å². The van der Waals surface area contributed by atoms with Crippen LogP contribution in [0.1, 0.15) is 31.1 Å². The van der Waals surface area contributed by atoms with Gasteiger partial charge in [0.05, 0.1) is 13.7 Å². The Labute approximate surface area is 124 Å². The van der Waals surface area contributed by atoms with E-state index in [1.165, 1.54) is 7.11 Å². The molecule has 0 aliphatic carbocycles. The Morgan fingerprint density at radius 1 is 1.33 bits per heavy atom. The van der Waals surface area contributed by atoms with E-state index in [4.69, 9.17) is 15.2 Å². The van der Waals surface area contributed by atoms with E-state index < -0.39 is 17.9 Å². The van der Waals surface area contributed by atoms with Crippen molar-refractivity contribution in [1.29, 1.82) is 0 Å². The Morgan fingerprint density at radius 3 is 2.52 bits per heavy atom. The second-order valence-electron chi connectivity index (χ2n) is 4.87. The number of anilines is 1. The molecule has 1 unspecified atom stereocenters. The molecule has 1 aromatic carbocycles. The molecule has 6 nitrogen and oxygen atoms in total. The number of benzene rings is 1. The van der Waals surface area contributed by atoms with Crippen molar-refractivity contribution in [2.75, 3.05) is 19.5 Å². The summed E-state index contributed by atoms with van der Waals surface area (Å²) in [5.41, 5.74) is 6.38. The second kappa shape index (κ2) is 7.52. The number of esters is 1. The Hall–Kier alpha value is -2.24. The van der Waals surface area contributed by atoms with Crippen molar-refractivity contribution >= 4 is 17.6 Å². The van der Waals surface area contributed by atoms with E-state index in [0.717, 1.165) is 0 Å². The molecule has 1 amide bonds. The summed E-state index contributed by atoms with van der Waals surface area (Å²) < 4.78 is 10.1. The van der Waals surface area contributed by atoms with Gasteiger partial charge < -0.3 is 20.5 Å². The predicted molar refractivity (Wildman–Crippen MR) is 80.1 cm³/mol. The van der Waals surface area contributed by atoms with Crippen LogP contribution in [0, 0.1) is 5.92 Å². The van der Waals surface area contributed by atoms with Crippen LogP contribution < -0.4 is 15.8 Å². The number of hydrogen-bond acceptors (Lipinski definition) is 5. The zero-order chi connectivity index (χ0) is 16.0. The molecule has 1 atom stereocenters. The molecule has 0 saturated heterocycles. The standard InChI is InChI=1S/C15H22N2O4/c1-5-21-11-8-6-7-10(16)12(11)14(18)17-13(9(2)3)15(19)20-4/h6-9,13H,5,16H2,1-4H3,(H,17,18). The number of amides is 1. The SMILES string of the molecule is CCOc1cccc(N)c1C(=O)NC(C(=O)OC)C(C)C. The predicted octanol–water partition coefficient (Wildman–Crippen LogP) is 1.59. The summed E-state index contributed by atoms with van der Waals surface area (Å²) in [4.78, 5) is 24.1. The van der Waals surface area contributed by atoms with Gasteiger partial charge in [-0.2, -0.15) is 0 Å². The first kappa shape index (κ1) is 16.8. The Balaban J connectivity index is 3.05. The van der Waals surface area contributed by atoms with Gasteiger partial charge in [-0.15, -0.1) is 0 Å². The van der Waals surface area contributed by atoms with Gasteiger partial charge in [-0.05, 0) is 25.0 Å². The van der Waals surface area contributed by atoms with Gasteiger partial charge in [-0.3, -0.25) is 4.79 Å². The fourth-order valence-corrected chi connectivity index (χ4v) is 1.91. The van der Waals surface area contributed by atoms with Crippen LogP contribution in [0.4, 0.5) is 5.69 Å². The Kier molecular flexibility index (Phi) is 6.02. The van der Waals surface area contributed by atoms with E-state index in [2.05, 4.69) is 5.32 Å². The first-order valence-corrected chi connectivity index (χ1v) is 6.82. The minimum atomic E-state index is -0.739. The molecule has 1 rings (SSSR count). The summed E-state index contributed by atoms with van der Waals surface area (Å²) in [5, 5.41) is 2.65. The molecule has 0 heterocycles. The van der Waals surface area contributed by atoms with Crippen LogP contribution in [0.15, 0.2) is 18.2 Å². The highest BCUT2D eigenvalue weighted by Gasteiger charge is 2.27. The van der Waals surface area contributed by atoms with Crippen LogP contribution in [-0.2, 0) is 9.53 Å². The van der Waals surface area contributed by atoms with Crippen LogP contribution in [0.3, 0.4) is 0 Å². The zero-order valence-corrected chi connectivity index (χ0v) is 12.8. The molecule has 6 heteroatoms. The average molecular weight is 294 g/mol.